The Labute approximate surface area is 237 Å². The van der Waals surface area contributed by atoms with Gasteiger partial charge >= 0.3 is 6.18 Å². The van der Waals surface area contributed by atoms with Crippen LogP contribution in [0, 0.1) is 0 Å². The van der Waals surface area contributed by atoms with Crippen molar-refractivity contribution in [1.29, 1.82) is 0 Å². The maximum absolute atomic E-state index is 13.3. The van der Waals surface area contributed by atoms with E-state index in [0.29, 0.717) is 12.1 Å². The molecule has 1 saturated carbocycles. The molecular formula is C28H33F3N6O3S. The number of pyridine rings is 2. The minimum Gasteiger partial charge on any atom is -0.390 e. The Balaban J connectivity index is 1.17. The van der Waals surface area contributed by atoms with Gasteiger partial charge in [0, 0.05) is 43.1 Å². The standard InChI is InChI=1S/C28H33F3N6O3S/c1-36(2)22-13-21(14-22)34-26-9-5-19(15-32-26)18-3-7-23(8-4-18)41(39,40)37-12-11-24(25(38)17-37)35-27-10-6-20(16-33-27)28(29,30)31/h3-10,15-16,21-22,24-25,38H,11-14,17H2,1-2H3,(H,32,34)(H,33,35)/t21-,22-,24-,25+/m1/s1. The molecule has 1 saturated heterocycles. The average molecular weight is 591 g/mol. The molecule has 2 aromatic heterocycles. The molecule has 3 N–H and O–H groups in total. The zero-order chi connectivity index (χ0) is 29.4. The molecule has 2 fully saturated rings. The molecule has 0 spiro atoms. The highest BCUT2D eigenvalue weighted by Gasteiger charge is 2.35. The van der Waals surface area contributed by atoms with E-state index in [1.807, 2.05) is 12.1 Å². The van der Waals surface area contributed by atoms with Crippen molar-refractivity contribution in [2.75, 3.05) is 37.8 Å². The Hall–Kier alpha value is -3.26. The number of benzene rings is 1. The summed E-state index contributed by atoms with van der Waals surface area (Å²) in [7, 11) is 0.305. The van der Waals surface area contributed by atoms with E-state index in [4.69, 9.17) is 0 Å². The molecule has 5 rings (SSSR count). The van der Waals surface area contributed by atoms with Crippen molar-refractivity contribution in [3.8, 4) is 11.1 Å². The van der Waals surface area contributed by atoms with Gasteiger partial charge in [0.1, 0.15) is 11.6 Å². The monoisotopic (exact) mass is 590 g/mol. The van der Waals surface area contributed by atoms with Crippen LogP contribution in [-0.4, -0.2) is 84.1 Å². The highest BCUT2D eigenvalue weighted by Crippen LogP contribution is 2.30. The molecule has 0 unspecified atom stereocenters. The Bertz CT molecular complexity index is 1430. The molecular weight excluding hydrogens is 557 g/mol. The van der Waals surface area contributed by atoms with Gasteiger partial charge in [-0.3, -0.25) is 0 Å². The molecule has 2 atom stereocenters. The number of aromatic nitrogens is 2. The van der Waals surface area contributed by atoms with Crippen molar-refractivity contribution in [3.05, 3.63) is 66.5 Å². The highest BCUT2D eigenvalue weighted by molar-refractivity contribution is 7.89. The molecule has 0 bridgehead atoms. The molecule has 1 aliphatic carbocycles. The molecule has 1 aliphatic heterocycles. The van der Waals surface area contributed by atoms with E-state index < -0.39 is 33.9 Å². The topological polar surface area (TPSA) is 111 Å². The van der Waals surface area contributed by atoms with Crippen LogP contribution in [0.2, 0.25) is 0 Å². The fourth-order valence-electron chi connectivity index (χ4n) is 5.08. The third-order valence-corrected chi connectivity index (χ3v) is 9.63. The molecule has 2 aliphatic rings. The predicted octanol–water partition coefficient (Wildman–Crippen LogP) is 3.90. The van der Waals surface area contributed by atoms with Crippen LogP contribution in [0.25, 0.3) is 11.1 Å². The number of nitrogens with one attached hydrogen (secondary N) is 2. The summed E-state index contributed by atoms with van der Waals surface area (Å²) in [6, 6.07) is 12.9. The van der Waals surface area contributed by atoms with E-state index in [2.05, 4.69) is 39.6 Å². The molecule has 41 heavy (non-hydrogen) atoms. The molecule has 0 amide bonds. The molecule has 220 valence electrons. The first kappa shape index (κ1) is 29.2. The van der Waals surface area contributed by atoms with Crippen molar-refractivity contribution in [1.82, 2.24) is 19.2 Å². The van der Waals surface area contributed by atoms with Crippen molar-refractivity contribution >= 4 is 21.7 Å². The summed E-state index contributed by atoms with van der Waals surface area (Å²) in [5, 5.41) is 17.0. The first-order valence-electron chi connectivity index (χ1n) is 13.4. The third kappa shape index (κ3) is 6.64. The van der Waals surface area contributed by atoms with Crippen molar-refractivity contribution in [3.63, 3.8) is 0 Å². The Morgan fingerprint density at radius 2 is 1.56 bits per heavy atom. The number of sulfonamides is 1. The summed E-state index contributed by atoms with van der Waals surface area (Å²) in [5.41, 5.74) is 0.813. The van der Waals surface area contributed by atoms with Gasteiger partial charge in [0.05, 0.1) is 22.6 Å². The second-order valence-corrected chi connectivity index (χ2v) is 12.7. The molecule has 9 nitrogen and oxygen atoms in total. The number of piperidine rings is 1. The van der Waals surface area contributed by atoms with Gasteiger partial charge in [-0.05, 0) is 75.3 Å². The van der Waals surface area contributed by atoms with Crippen LogP contribution in [-0.2, 0) is 16.2 Å². The van der Waals surface area contributed by atoms with Crippen molar-refractivity contribution in [2.45, 2.75) is 54.6 Å². The molecule has 0 radical (unpaired) electrons. The average Bonchev–Trinajstić information content (AvgIpc) is 2.91. The number of aliphatic hydroxyl groups is 1. The molecule has 13 heteroatoms. The fraction of sp³-hybridized carbons (Fsp3) is 0.429. The lowest BCUT2D eigenvalue weighted by molar-refractivity contribution is -0.137. The van der Waals surface area contributed by atoms with E-state index in [1.165, 1.54) is 22.5 Å². The number of anilines is 2. The number of rotatable bonds is 8. The number of halogens is 3. The number of alkyl halides is 3. The van der Waals surface area contributed by atoms with E-state index in [0.717, 1.165) is 42.0 Å². The number of aliphatic hydroxyl groups excluding tert-OH is 1. The van der Waals surface area contributed by atoms with Gasteiger partial charge < -0.3 is 20.6 Å². The van der Waals surface area contributed by atoms with E-state index in [-0.39, 0.29) is 30.2 Å². The fourth-order valence-corrected chi connectivity index (χ4v) is 6.55. The SMILES string of the molecule is CN(C)[C@H]1C[C@H](Nc2ccc(-c3ccc(S(=O)(=O)N4CC[C@@H](Nc5ccc(C(F)(F)F)cn5)[C@@H](O)C4)cc3)cn2)C1. The lowest BCUT2D eigenvalue weighted by Crippen LogP contribution is -2.51. The van der Waals surface area contributed by atoms with Gasteiger partial charge in [-0.2, -0.15) is 17.5 Å². The molecule has 3 aromatic rings. The van der Waals surface area contributed by atoms with Crippen LogP contribution < -0.4 is 10.6 Å². The maximum atomic E-state index is 13.3. The lowest BCUT2D eigenvalue weighted by Gasteiger charge is -2.40. The highest BCUT2D eigenvalue weighted by atomic mass is 32.2. The lowest BCUT2D eigenvalue weighted by atomic mass is 9.86. The molecule has 1 aromatic carbocycles. The Kier molecular flexibility index (Phi) is 8.24. The van der Waals surface area contributed by atoms with Crippen LogP contribution in [0.3, 0.4) is 0 Å². The van der Waals surface area contributed by atoms with Gasteiger partial charge in [0.15, 0.2) is 0 Å². The minimum atomic E-state index is -4.49. The first-order chi connectivity index (χ1) is 19.4. The predicted molar refractivity (Wildman–Crippen MR) is 150 cm³/mol. The summed E-state index contributed by atoms with van der Waals surface area (Å²) < 4.78 is 66.1. The van der Waals surface area contributed by atoms with Gasteiger partial charge in [-0.15, -0.1) is 0 Å². The van der Waals surface area contributed by atoms with Crippen LogP contribution >= 0.6 is 0 Å². The van der Waals surface area contributed by atoms with Gasteiger partial charge in [-0.1, -0.05) is 12.1 Å². The number of β-amino-alcohol motifs (C(OH)–C–C–N with tert-alkyl or cyclic N) is 1. The second-order valence-electron chi connectivity index (χ2n) is 10.8. The van der Waals surface area contributed by atoms with Crippen molar-refractivity contribution < 1.29 is 26.7 Å². The largest absolute Gasteiger partial charge is 0.417 e. The van der Waals surface area contributed by atoms with Crippen LogP contribution in [0.15, 0.2) is 65.8 Å². The first-order valence-corrected chi connectivity index (χ1v) is 14.8. The van der Waals surface area contributed by atoms with Gasteiger partial charge in [0.2, 0.25) is 10.0 Å². The molecule has 3 heterocycles. The third-order valence-electron chi connectivity index (χ3n) is 7.75. The normalized spacial score (nSPS) is 23.7. The van der Waals surface area contributed by atoms with Gasteiger partial charge in [0.25, 0.3) is 0 Å². The van der Waals surface area contributed by atoms with Gasteiger partial charge in [-0.25, -0.2) is 18.4 Å². The Morgan fingerprint density at radius 1 is 0.927 bits per heavy atom. The minimum absolute atomic E-state index is 0.107. The zero-order valence-electron chi connectivity index (χ0n) is 22.7. The zero-order valence-corrected chi connectivity index (χ0v) is 23.5. The van der Waals surface area contributed by atoms with E-state index in [1.54, 1.807) is 18.3 Å². The number of hydrogen-bond donors (Lipinski definition) is 3. The van der Waals surface area contributed by atoms with Crippen LogP contribution in [0.1, 0.15) is 24.8 Å². The smallest absolute Gasteiger partial charge is 0.390 e. The van der Waals surface area contributed by atoms with Crippen molar-refractivity contribution in [2.24, 2.45) is 0 Å². The summed E-state index contributed by atoms with van der Waals surface area (Å²) in [6.45, 7) is -0.0227. The number of nitrogens with zero attached hydrogens (tertiary/aromatic N) is 4. The van der Waals surface area contributed by atoms with Crippen LogP contribution in [0.4, 0.5) is 24.8 Å². The summed E-state index contributed by atoms with van der Waals surface area (Å²) in [6.07, 6.45) is -0.684. The summed E-state index contributed by atoms with van der Waals surface area (Å²) in [5.74, 6) is 0.981. The summed E-state index contributed by atoms with van der Waals surface area (Å²) in [4.78, 5) is 10.6. The Morgan fingerprint density at radius 3 is 2.12 bits per heavy atom. The van der Waals surface area contributed by atoms with E-state index in [9.17, 15) is 26.7 Å². The van der Waals surface area contributed by atoms with Crippen LogP contribution in [0.5, 0.6) is 0 Å². The van der Waals surface area contributed by atoms with E-state index >= 15 is 0 Å². The summed E-state index contributed by atoms with van der Waals surface area (Å²) >= 11 is 0. The maximum Gasteiger partial charge on any atom is 0.417 e. The second kappa shape index (κ2) is 11.6. The number of hydrogen-bond acceptors (Lipinski definition) is 8. The quantitative estimate of drug-likeness (QED) is 0.363.